The van der Waals surface area contributed by atoms with Crippen LogP contribution >= 0.6 is 27.5 Å². The largest absolute Gasteiger partial charge is 0.481 e. The fourth-order valence-corrected chi connectivity index (χ4v) is 2.39. The van der Waals surface area contributed by atoms with Gasteiger partial charge in [0.15, 0.2) is 0 Å². The van der Waals surface area contributed by atoms with E-state index in [0.717, 1.165) is 0 Å². The molecule has 0 bridgehead atoms. The van der Waals surface area contributed by atoms with Crippen molar-refractivity contribution in [3.05, 3.63) is 27.7 Å². The van der Waals surface area contributed by atoms with E-state index in [1.54, 1.807) is 18.2 Å². The summed E-state index contributed by atoms with van der Waals surface area (Å²) in [4.78, 5) is 24.0. The number of carboxylic acid groups (broad SMARTS) is 1. The zero-order valence-electron chi connectivity index (χ0n) is 8.69. The summed E-state index contributed by atoms with van der Waals surface area (Å²) in [5.41, 5.74) is 0.551. The highest BCUT2D eigenvalue weighted by Gasteiger charge is 2.35. The van der Waals surface area contributed by atoms with E-state index >= 15 is 0 Å². The third-order valence-corrected chi connectivity index (χ3v) is 3.98. The summed E-state index contributed by atoms with van der Waals surface area (Å²) in [5.74, 6) is -1.82. The van der Waals surface area contributed by atoms with Crippen LogP contribution in [0.15, 0.2) is 22.7 Å². The van der Waals surface area contributed by atoms with Crippen molar-refractivity contribution in [3.63, 3.8) is 0 Å². The van der Waals surface area contributed by atoms with Crippen LogP contribution in [0.25, 0.3) is 0 Å². The maximum absolute atomic E-state index is 11.7. The summed E-state index contributed by atoms with van der Waals surface area (Å²) in [7, 11) is 0. The zero-order chi connectivity index (χ0) is 12.6. The molecule has 1 aliphatic rings. The molecule has 0 radical (unpaired) electrons. The lowest BCUT2D eigenvalue weighted by molar-refractivity contribution is -0.141. The number of benzene rings is 1. The molecule has 0 saturated carbocycles. The molecule has 1 unspecified atom stereocenters. The van der Waals surface area contributed by atoms with E-state index in [9.17, 15) is 9.59 Å². The topological polar surface area (TPSA) is 57.6 Å². The van der Waals surface area contributed by atoms with Gasteiger partial charge in [-0.2, -0.15) is 0 Å². The van der Waals surface area contributed by atoms with E-state index in [0.29, 0.717) is 15.2 Å². The van der Waals surface area contributed by atoms with E-state index in [4.69, 9.17) is 16.7 Å². The number of nitrogens with zero attached hydrogens (tertiary/aromatic N) is 1. The van der Waals surface area contributed by atoms with Crippen molar-refractivity contribution >= 4 is 45.1 Å². The van der Waals surface area contributed by atoms with Crippen molar-refractivity contribution in [2.75, 3.05) is 11.4 Å². The van der Waals surface area contributed by atoms with Gasteiger partial charge in [0.1, 0.15) is 0 Å². The predicted molar refractivity (Wildman–Crippen MR) is 67.2 cm³/mol. The number of carbonyl (C=O) groups is 2. The van der Waals surface area contributed by atoms with E-state index in [-0.39, 0.29) is 18.9 Å². The van der Waals surface area contributed by atoms with Crippen LogP contribution in [-0.4, -0.2) is 23.5 Å². The van der Waals surface area contributed by atoms with E-state index < -0.39 is 11.9 Å². The summed E-state index contributed by atoms with van der Waals surface area (Å²) < 4.78 is 0.684. The second kappa shape index (κ2) is 4.66. The van der Waals surface area contributed by atoms with Crippen LogP contribution < -0.4 is 4.90 Å². The Morgan fingerprint density at radius 1 is 1.53 bits per heavy atom. The number of carbonyl (C=O) groups excluding carboxylic acids is 1. The molecule has 0 aliphatic carbocycles. The Labute approximate surface area is 111 Å². The average Bonchev–Trinajstić information content (AvgIpc) is 2.65. The highest BCUT2D eigenvalue weighted by Crippen LogP contribution is 2.35. The minimum Gasteiger partial charge on any atom is -0.481 e. The van der Waals surface area contributed by atoms with Gasteiger partial charge >= 0.3 is 5.97 Å². The second-order valence-corrected chi connectivity index (χ2v) is 5.05. The van der Waals surface area contributed by atoms with Crippen molar-refractivity contribution in [2.45, 2.75) is 6.42 Å². The first-order valence-electron chi connectivity index (χ1n) is 4.98. The number of rotatable bonds is 2. The summed E-state index contributed by atoms with van der Waals surface area (Å²) in [5, 5.41) is 9.32. The first kappa shape index (κ1) is 12.4. The zero-order valence-corrected chi connectivity index (χ0v) is 11.0. The molecule has 6 heteroatoms. The van der Waals surface area contributed by atoms with Gasteiger partial charge in [0.05, 0.1) is 16.6 Å². The monoisotopic (exact) mass is 317 g/mol. The first-order chi connectivity index (χ1) is 8.00. The number of amides is 1. The predicted octanol–water partition coefficient (Wildman–Crippen LogP) is 2.54. The molecule has 1 aromatic rings. The summed E-state index contributed by atoms with van der Waals surface area (Å²) >= 11 is 9.35. The molecule has 1 fully saturated rings. The Hall–Kier alpha value is -1.07. The fraction of sp³-hybridized carbons (Fsp3) is 0.273. The van der Waals surface area contributed by atoms with Gasteiger partial charge in [-0.15, -0.1) is 0 Å². The summed E-state index contributed by atoms with van der Waals surface area (Å²) in [6, 6.07) is 5.23. The third-order valence-electron chi connectivity index (χ3n) is 2.70. The summed E-state index contributed by atoms with van der Waals surface area (Å²) in [6.07, 6.45) is 0.0260. The van der Waals surface area contributed by atoms with Gasteiger partial charge in [-0.05, 0) is 28.1 Å². The maximum atomic E-state index is 11.7. The molecule has 0 spiro atoms. The molecule has 1 atom stereocenters. The molecule has 1 heterocycles. The lowest BCUT2D eigenvalue weighted by atomic mass is 10.1. The van der Waals surface area contributed by atoms with Gasteiger partial charge in [-0.1, -0.05) is 17.7 Å². The molecule has 0 aromatic heterocycles. The Morgan fingerprint density at radius 3 is 2.82 bits per heavy atom. The smallest absolute Gasteiger partial charge is 0.308 e. The van der Waals surface area contributed by atoms with Gasteiger partial charge in [0, 0.05) is 17.4 Å². The Kier molecular flexibility index (Phi) is 3.40. The van der Waals surface area contributed by atoms with Gasteiger partial charge < -0.3 is 10.0 Å². The van der Waals surface area contributed by atoms with Crippen LogP contribution in [0.5, 0.6) is 0 Å². The van der Waals surface area contributed by atoms with Gasteiger partial charge in [0.2, 0.25) is 5.91 Å². The van der Waals surface area contributed by atoms with E-state index in [1.165, 1.54) is 4.90 Å². The average molecular weight is 319 g/mol. The molecule has 1 aromatic carbocycles. The Balaban J connectivity index is 2.32. The van der Waals surface area contributed by atoms with Crippen LogP contribution in [0.3, 0.4) is 0 Å². The number of hydrogen-bond donors (Lipinski definition) is 1. The Morgan fingerprint density at radius 2 is 2.24 bits per heavy atom. The number of aliphatic carboxylic acids is 1. The van der Waals surface area contributed by atoms with E-state index in [2.05, 4.69) is 15.9 Å². The van der Waals surface area contributed by atoms with Crippen LogP contribution in [-0.2, 0) is 9.59 Å². The van der Waals surface area contributed by atoms with Gasteiger partial charge in [-0.25, -0.2) is 0 Å². The number of carboxylic acids is 1. The molecule has 17 heavy (non-hydrogen) atoms. The minimum absolute atomic E-state index is 0.0260. The molecule has 1 aliphatic heterocycles. The SMILES string of the molecule is O=C(O)C1CC(=O)N(c2cccc(Br)c2Cl)C1. The minimum atomic E-state index is -0.952. The van der Waals surface area contributed by atoms with Gasteiger partial charge in [-0.3, -0.25) is 9.59 Å². The number of anilines is 1. The molecule has 2 rings (SSSR count). The van der Waals surface area contributed by atoms with Crippen molar-refractivity contribution in [3.8, 4) is 0 Å². The normalized spacial score (nSPS) is 19.8. The highest BCUT2D eigenvalue weighted by atomic mass is 79.9. The molecular formula is C11H9BrClNO3. The van der Waals surface area contributed by atoms with Crippen LogP contribution in [0.2, 0.25) is 5.02 Å². The first-order valence-corrected chi connectivity index (χ1v) is 6.15. The lowest BCUT2D eigenvalue weighted by Crippen LogP contribution is -2.26. The van der Waals surface area contributed by atoms with Crippen LogP contribution in [0, 0.1) is 5.92 Å². The highest BCUT2D eigenvalue weighted by molar-refractivity contribution is 9.10. The third kappa shape index (κ3) is 2.30. The van der Waals surface area contributed by atoms with Crippen molar-refractivity contribution in [2.24, 2.45) is 5.92 Å². The molecule has 1 N–H and O–H groups in total. The molecule has 90 valence electrons. The second-order valence-electron chi connectivity index (χ2n) is 3.82. The summed E-state index contributed by atoms with van der Waals surface area (Å²) in [6.45, 7) is 0.171. The van der Waals surface area contributed by atoms with E-state index in [1.807, 2.05) is 0 Å². The van der Waals surface area contributed by atoms with Crippen LogP contribution in [0.4, 0.5) is 5.69 Å². The Bertz CT molecular complexity index is 492. The molecular weight excluding hydrogens is 309 g/mol. The number of halogens is 2. The van der Waals surface area contributed by atoms with Crippen molar-refractivity contribution < 1.29 is 14.7 Å². The quantitative estimate of drug-likeness (QED) is 0.911. The fourth-order valence-electron chi connectivity index (χ4n) is 1.81. The standard InChI is InChI=1S/C11H9BrClNO3/c12-7-2-1-3-8(10(7)13)14-5-6(11(16)17)4-9(14)15/h1-3,6H,4-5H2,(H,16,17). The molecule has 1 amide bonds. The van der Waals surface area contributed by atoms with Crippen molar-refractivity contribution in [1.29, 1.82) is 0 Å². The molecule has 1 saturated heterocycles. The van der Waals surface area contributed by atoms with Gasteiger partial charge in [0.25, 0.3) is 0 Å². The number of hydrogen-bond acceptors (Lipinski definition) is 2. The van der Waals surface area contributed by atoms with Crippen LogP contribution in [0.1, 0.15) is 6.42 Å². The lowest BCUT2D eigenvalue weighted by Gasteiger charge is -2.18. The maximum Gasteiger partial charge on any atom is 0.308 e. The van der Waals surface area contributed by atoms with Crippen molar-refractivity contribution in [1.82, 2.24) is 0 Å². The molecule has 4 nitrogen and oxygen atoms in total.